The Bertz CT molecular complexity index is 798. The van der Waals surface area contributed by atoms with E-state index in [1.54, 1.807) is 11.8 Å². The Kier molecular flexibility index (Phi) is 6.22. The minimum absolute atomic E-state index is 0.0118. The Labute approximate surface area is 178 Å². The average molecular weight is 442 g/mol. The summed E-state index contributed by atoms with van der Waals surface area (Å²) in [6, 6.07) is 4.07. The smallest absolute Gasteiger partial charge is 0.258 e. The second-order valence-corrected chi connectivity index (χ2v) is 9.77. The first-order valence-electron chi connectivity index (χ1n) is 9.96. The van der Waals surface area contributed by atoms with Gasteiger partial charge in [-0.1, -0.05) is 11.6 Å². The van der Waals surface area contributed by atoms with E-state index < -0.39 is 5.82 Å². The van der Waals surface area contributed by atoms with Crippen LogP contribution in [0.5, 0.6) is 5.75 Å². The topological polar surface area (TPSA) is 79.5 Å². The van der Waals surface area contributed by atoms with Gasteiger partial charge in [0.15, 0.2) is 6.61 Å². The summed E-state index contributed by atoms with van der Waals surface area (Å²) in [6.07, 6.45) is 2.86. The maximum atomic E-state index is 13.5. The molecular weight excluding hydrogens is 417 g/mol. The van der Waals surface area contributed by atoms with E-state index in [2.05, 4.69) is 22.9 Å². The van der Waals surface area contributed by atoms with Gasteiger partial charge in [-0.3, -0.25) is 14.9 Å². The fourth-order valence-corrected chi connectivity index (χ4v) is 5.63. The molecule has 6 atom stereocenters. The van der Waals surface area contributed by atoms with E-state index in [0.29, 0.717) is 17.2 Å². The molecule has 29 heavy (non-hydrogen) atoms. The van der Waals surface area contributed by atoms with Crippen molar-refractivity contribution in [2.45, 2.75) is 49.7 Å². The molecule has 9 heteroatoms. The van der Waals surface area contributed by atoms with Gasteiger partial charge >= 0.3 is 0 Å². The molecule has 2 aliphatic carbocycles. The van der Waals surface area contributed by atoms with E-state index >= 15 is 0 Å². The number of rotatable bonds is 6. The lowest BCUT2D eigenvalue weighted by atomic mass is 9.73. The predicted octanol–water partition coefficient (Wildman–Crippen LogP) is 2.31. The Morgan fingerprint density at radius 3 is 2.62 bits per heavy atom. The number of thioether (sulfide) groups is 1. The second-order valence-electron chi connectivity index (χ2n) is 7.99. The van der Waals surface area contributed by atoms with Crippen LogP contribution in [0.4, 0.5) is 4.39 Å². The Morgan fingerprint density at radius 2 is 2.00 bits per heavy atom. The zero-order valence-corrected chi connectivity index (χ0v) is 17.7. The lowest BCUT2D eigenvalue weighted by Crippen LogP contribution is -2.49. The summed E-state index contributed by atoms with van der Waals surface area (Å²) in [5.41, 5.74) is 0. The fourth-order valence-electron chi connectivity index (χ4n) is 4.52. The third-order valence-electron chi connectivity index (χ3n) is 6.13. The summed E-state index contributed by atoms with van der Waals surface area (Å²) in [7, 11) is 0. The van der Waals surface area contributed by atoms with Gasteiger partial charge in [0.2, 0.25) is 5.91 Å². The number of nitrogens with one attached hydrogen (secondary N) is 3. The number of halogens is 2. The highest BCUT2D eigenvalue weighted by Gasteiger charge is 2.49. The van der Waals surface area contributed by atoms with Crippen molar-refractivity contribution in [2.24, 2.45) is 11.8 Å². The minimum atomic E-state index is -0.583. The lowest BCUT2D eigenvalue weighted by molar-refractivity contribution is -0.124. The van der Waals surface area contributed by atoms with Crippen LogP contribution in [0.15, 0.2) is 18.2 Å². The number of hydrogen-bond donors (Lipinski definition) is 3. The molecule has 6 nitrogen and oxygen atoms in total. The van der Waals surface area contributed by atoms with Crippen LogP contribution in [0.2, 0.25) is 5.02 Å². The molecule has 0 spiro atoms. The van der Waals surface area contributed by atoms with Crippen LogP contribution < -0.4 is 20.7 Å². The normalized spacial score (nSPS) is 32.9. The van der Waals surface area contributed by atoms with Crippen molar-refractivity contribution in [3.8, 4) is 5.75 Å². The van der Waals surface area contributed by atoms with Gasteiger partial charge in [0, 0.05) is 23.9 Å². The summed E-state index contributed by atoms with van der Waals surface area (Å²) in [6.45, 7) is 1.87. The molecule has 3 aliphatic rings. The molecule has 3 fully saturated rings. The van der Waals surface area contributed by atoms with Crippen LogP contribution in [-0.4, -0.2) is 47.7 Å². The SMILES string of the molecule is CC1NC(C(=O)NC2C[C@H](NC(=O)COc3ccc(Cl)c(F)c3)C3CCC23)CS1. The van der Waals surface area contributed by atoms with E-state index in [9.17, 15) is 14.0 Å². The van der Waals surface area contributed by atoms with Crippen molar-refractivity contribution in [2.75, 3.05) is 12.4 Å². The van der Waals surface area contributed by atoms with Crippen LogP contribution in [0, 0.1) is 17.7 Å². The summed E-state index contributed by atoms with van der Waals surface area (Å²) < 4.78 is 18.8. The zero-order valence-electron chi connectivity index (χ0n) is 16.1. The van der Waals surface area contributed by atoms with Crippen LogP contribution in [0.1, 0.15) is 26.2 Å². The average Bonchev–Trinajstić information content (AvgIpc) is 3.16. The molecule has 1 aromatic rings. The molecular formula is C20H25ClFN3O3S. The summed E-state index contributed by atoms with van der Waals surface area (Å²) in [5, 5.41) is 9.82. The molecule has 3 N–H and O–H groups in total. The molecule has 0 radical (unpaired) electrons. The van der Waals surface area contributed by atoms with Crippen LogP contribution >= 0.6 is 23.4 Å². The highest BCUT2D eigenvalue weighted by Crippen LogP contribution is 2.47. The van der Waals surface area contributed by atoms with Gasteiger partial charge in [-0.05, 0) is 50.2 Å². The van der Waals surface area contributed by atoms with Gasteiger partial charge in [-0.2, -0.15) is 0 Å². The quantitative estimate of drug-likeness (QED) is 0.631. The number of carbonyl (C=O) groups is 2. The van der Waals surface area contributed by atoms with Crippen molar-refractivity contribution < 1.29 is 18.7 Å². The van der Waals surface area contributed by atoms with Crippen LogP contribution in [0.3, 0.4) is 0 Å². The Balaban J connectivity index is 1.26. The summed E-state index contributed by atoms with van der Waals surface area (Å²) >= 11 is 7.39. The van der Waals surface area contributed by atoms with Gasteiger partial charge < -0.3 is 15.4 Å². The third-order valence-corrected chi connectivity index (χ3v) is 7.59. The van der Waals surface area contributed by atoms with Gasteiger partial charge in [0.25, 0.3) is 5.91 Å². The second kappa shape index (κ2) is 8.70. The monoisotopic (exact) mass is 441 g/mol. The molecule has 0 aromatic heterocycles. The lowest BCUT2D eigenvalue weighted by Gasteiger charge is -2.36. The van der Waals surface area contributed by atoms with Crippen LogP contribution in [-0.2, 0) is 9.59 Å². The third kappa shape index (κ3) is 4.64. The van der Waals surface area contributed by atoms with E-state index in [1.165, 1.54) is 12.1 Å². The number of carbonyl (C=O) groups excluding carboxylic acids is 2. The highest BCUT2D eigenvalue weighted by molar-refractivity contribution is 8.00. The molecule has 1 aromatic carbocycles. The maximum absolute atomic E-state index is 13.5. The van der Waals surface area contributed by atoms with Gasteiger partial charge in [0.05, 0.1) is 16.4 Å². The van der Waals surface area contributed by atoms with Crippen LogP contribution in [0.25, 0.3) is 0 Å². The van der Waals surface area contributed by atoms with E-state index in [1.807, 2.05) is 0 Å². The van der Waals surface area contributed by atoms with Crippen molar-refractivity contribution >= 4 is 35.2 Å². The standard InChI is InChI=1S/C20H25ClFN3O3S/c1-10-23-18(9-29-10)20(27)25-17-7-16(12-3-4-13(12)17)24-19(26)8-28-11-2-5-14(21)15(22)6-11/h2,5-6,10,12-13,16-18,23H,3-4,7-9H2,1H3,(H,24,26)(H,25,27)/t10?,12?,13?,16-,17?,18?/m0/s1. The fraction of sp³-hybridized carbons (Fsp3) is 0.600. The Hall–Kier alpha value is -1.51. The number of hydrogen-bond acceptors (Lipinski definition) is 5. The molecule has 158 valence electrons. The van der Waals surface area contributed by atoms with Gasteiger partial charge in [0.1, 0.15) is 11.6 Å². The van der Waals surface area contributed by atoms with E-state index in [0.717, 1.165) is 31.1 Å². The predicted molar refractivity (Wildman–Crippen MR) is 110 cm³/mol. The largest absolute Gasteiger partial charge is 0.484 e. The molecule has 2 amide bonds. The molecule has 1 aliphatic heterocycles. The van der Waals surface area contributed by atoms with Crippen molar-refractivity contribution in [3.05, 3.63) is 29.0 Å². The number of fused-ring (bicyclic) bond motifs is 1. The molecule has 4 rings (SSSR count). The van der Waals surface area contributed by atoms with Crippen molar-refractivity contribution in [1.29, 1.82) is 0 Å². The Morgan fingerprint density at radius 1 is 1.28 bits per heavy atom. The first-order chi connectivity index (χ1) is 13.9. The molecule has 5 unspecified atom stereocenters. The molecule has 2 saturated carbocycles. The van der Waals surface area contributed by atoms with E-state index in [4.69, 9.17) is 16.3 Å². The number of amides is 2. The molecule has 1 heterocycles. The number of ether oxygens (including phenoxy) is 1. The first kappa shape index (κ1) is 20.8. The highest BCUT2D eigenvalue weighted by atomic mass is 35.5. The maximum Gasteiger partial charge on any atom is 0.258 e. The summed E-state index contributed by atoms with van der Waals surface area (Å²) in [5.74, 6) is 1.08. The molecule has 0 bridgehead atoms. The van der Waals surface area contributed by atoms with Crippen molar-refractivity contribution in [3.63, 3.8) is 0 Å². The van der Waals surface area contributed by atoms with Gasteiger partial charge in [-0.25, -0.2) is 4.39 Å². The van der Waals surface area contributed by atoms with Crippen molar-refractivity contribution in [1.82, 2.24) is 16.0 Å². The number of benzene rings is 1. The zero-order chi connectivity index (χ0) is 20.5. The summed E-state index contributed by atoms with van der Waals surface area (Å²) in [4.78, 5) is 24.8. The minimum Gasteiger partial charge on any atom is -0.484 e. The first-order valence-corrected chi connectivity index (χ1v) is 11.4. The van der Waals surface area contributed by atoms with E-state index in [-0.39, 0.29) is 47.3 Å². The van der Waals surface area contributed by atoms with Gasteiger partial charge in [-0.15, -0.1) is 11.8 Å². The molecule has 1 saturated heterocycles.